The number of nitrogens with one attached hydrogen (secondary N) is 1. The largest absolute Gasteiger partial charge is 0.481 e. The SMILES string of the molecule is Cc1c(CC(=O)O)c2cc(F)ccc2n1S(=O)(=O)c1ccc(Nc2cccc(Cl)c2)nc1. The summed E-state index contributed by atoms with van der Waals surface area (Å²) in [7, 11) is -4.13. The predicted molar refractivity (Wildman–Crippen MR) is 120 cm³/mol. The Morgan fingerprint density at radius 1 is 1.19 bits per heavy atom. The molecule has 0 aliphatic heterocycles. The topological polar surface area (TPSA) is 101 Å². The van der Waals surface area contributed by atoms with E-state index in [1.54, 1.807) is 24.3 Å². The van der Waals surface area contributed by atoms with Crippen LogP contribution >= 0.6 is 11.6 Å². The van der Waals surface area contributed by atoms with E-state index in [1.807, 2.05) is 0 Å². The van der Waals surface area contributed by atoms with Gasteiger partial charge in [0.25, 0.3) is 10.0 Å². The fourth-order valence-electron chi connectivity index (χ4n) is 3.54. The number of benzene rings is 2. The van der Waals surface area contributed by atoms with Gasteiger partial charge in [-0.1, -0.05) is 17.7 Å². The molecule has 0 amide bonds. The van der Waals surface area contributed by atoms with Crippen LogP contribution in [0.1, 0.15) is 11.3 Å². The van der Waals surface area contributed by atoms with Crippen molar-refractivity contribution < 1.29 is 22.7 Å². The summed E-state index contributed by atoms with van der Waals surface area (Å²) < 4.78 is 41.7. The maximum atomic E-state index is 13.8. The Balaban J connectivity index is 1.76. The molecule has 32 heavy (non-hydrogen) atoms. The summed E-state index contributed by atoms with van der Waals surface area (Å²) in [6.45, 7) is 1.50. The zero-order chi connectivity index (χ0) is 23.0. The molecule has 2 heterocycles. The Bertz CT molecular complexity index is 1450. The molecule has 0 radical (unpaired) electrons. The van der Waals surface area contributed by atoms with Crippen molar-refractivity contribution >= 4 is 50.0 Å². The maximum absolute atomic E-state index is 13.8. The van der Waals surface area contributed by atoms with Crippen LogP contribution in [0.15, 0.2) is 65.7 Å². The number of carbonyl (C=O) groups is 1. The molecular formula is C22H17ClFN3O4S. The van der Waals surface area contributed by atoms with Gasteiger partial charge in [-0.2, -0.15) is 0 Å². The number of carboxylic acid groups (broad SMARTS) is 1. The molecule has 0 unspecified atom stereocenters. The Labute approximate surface area is 188 Å². The van der Waals surface area contributed by atoms with E-state index in [4.69, 9.17) is 11.6 Å². The predicted octanol–water partition coefficient (Wildman–Crippen LogP) is 4.74. The number of hydrogen-bond acceptors (Lipinski definition) is 5. The lowest BCUT2D eigenvalue weighted by molar-refractivity contribution is -0.136. The van der Waals surface area contributed by atoms with Gasteiger partial charge >= 0.3 is 5.97 Å². The minimum absolute atomic E-state index is 0.0969. The monoisotopic (exact) mass is 473 g/mol. The molecule has 2 aromatic heterocycles. The van der Waals surface area contributed by atoms with Crippen LogP contribution in [0.25, 0.3) is 10.9 Å². The van der Waals surface area contributed by atoms with Gasteiger partial charge in [0, 0.05) is 28.0 Å². The molecule has 0 atom stereocenters. The molecule has 0 aliphatic carbocycles. The number of hydrogen-bond donors (Lipinski definition) is 2. The minimum Gasteiger partial charge on any atom is -0.481 e. The molecule has 10 heteroatoms. The molecule has 0 saturated heterocycles. The number of halogens is 2. The van der Waals surface area contributed by atoms with Gasteiger partial charge in [0.05, 0.1) is 11.9 Å². The highest BCUT2D eigenvalue weighted by molar-refractivity contribution is 7.90. The summed E-state index contributed by atoms with van der Waals surface area (Å²) in [5, 5.41) is 13.0. The molecule has 4 aromatic rings. The van der Waals surface area contributed by atoms with Crippen molar-refractivity contribution in [2.45, 2.75) is 18.2 Å². The fourth-order valence-corrected chi connectivity index (χ4v) is 5.25. The summed E-state index contributed by atoms with van der Waals surface area (Å²) in [4.78, 5) is 15.4. The van der Waals surface area contributed by atoms with Crippen molar-refractivity contribution in [1.82, 2.24) is 8.96 Å². The van der Waals surface area contributed by atoms with Crippen molar-refractivity contribution in [1.29, 1.82) is 0 Å². The number of aromatic nitrogens is 2. The van der Waals surface area contributed by atoms with E-state index in [1.165, 1.54) is 31.3 Å². The van der Waals surface area contributed by atoms with Crippen LogP contribution in [-0.2, 0) is 21.2 Å². The number of rotatable bonds is 6. The molecule has 2 N–H and O–H groups in total. The van der Waals surface area contributed by atoms with Crippen molar-refractivity contribution in [2.24, 2.45) is 0 Å². The van der Waals surface area contributed by atoms with Gasteiger partial charge in [-0.25, -0.2) is 21.8 Å². The number of fused-ring (bicyclic) bond motifs is 1. The summed E-state index contributed by atoms with van der Waals surface area (Å²) >= 11 is 5.97. The third-order valence-corrected chi connectivity index (χ3v) is 6.97. The quantitative estimate of drug-likeness (QED) is 0.419. The van der Waals surface area contributed by atoms with Gasteiger partial charge in [0.15, 0.2) is 0 Å². The zero-order valence-corrected chi connectivity index (χ0v) is 18.3. The smallest absolute Gasteiger partial charge is 0.307 e. The molecule has 0 saturated carbocycles. The van der Waals surface area contributed by atoms with E-state index < -0.39 is 28.2 Å². The molecule has 164 valence electrons. The fraction of sp³-hybridized carbons (Fsp3) is 0.0909. The average Bonchev–Trinajstić information content (AvgIpc) is 2.99. The summed E-state index contributed by atoms with van der Waals surface area (Å²) in [5.41, 5.74) is 1.33. The van der Waals surface area contributed by atoms with E-state index in [0.717, 1.165) is 16.1 Å². The second kappa shape index (κ2) is 8.25. The van der Waals surface area contributed by atoms with Crippen LogP contribution in [0.2, 0.25) is 5.02 Å². The van der Waals surface area contributed by atoms with Gasteiger partial charge < -0.3 is 10.4 Å². The zero-order valence-electron chi connectivity index (χ0n) is 16.7. The van der Waals surface area contributed by atoms with E-state index in [2.05, 4.69) is 10.3 Å². The van der Waals surface area contributed by atoms with Crippen molar-refractivity contribution in [2.75, 3.05) is 5.32 Å². The second-order valence-electron chi connectivity index (χ2n) is 7.08. The number of nitrogens with zero attached hydrogens (tertiary/aromatic N) is 2. The number of carboxylic acids is 1. The highest BCUT2D eigenvalue weighted by Crippen LogP contribution is 2.31. The van der Waals surface area contributed by atoms with Gasteiger partial charge in [0.1, 0.15) is 16.5 Å². The first kappa shape index (κ1) is 21.8. The van der Waals surface area contributed by atoms with E-state index in [0.29, 0.717) is 16.5 Å². The third-order valence-electron chi connectivity index (χ3n) is 4.94. The van der Waals surface area contributed by atoms with Gasteiger partial charge in [-0.05, 0) is 61.0 Å². The lowest BCUT2D eigenvalue weighted by atomic mass is 10.1. The van der Waals surface area contributed by atoms with Gasteiger partial charge in [-0.3, -0.25) is 4.79 Å². The molecule has 0 spiro atoms. The lowest BCUT2D eigenvalue weighted by Crippen LogP contribution is -2.15. The summed E-state index contributed by atoms with van der Waals surface area (Å²) in [5.74, 6) is -1.32. The van der Waals surface area contributed by atoms with Gasteiger partial charge in [0.2, 0.25) is 0 Å². The van der Waals surface area contributed by atoms with Gasteiger partial charge in [-0.15, -0.1) is 0 Å². The van der Waals surface area contributed by atoms with Crippen molar-refractivity contribution in [3.8, 4) is 0 Å². The summed E-state index contributed by atoms with van der Waals surface area (Å²) in [6, 6.07) is 13.5. The first-order valence-corrected chi connectivity index (χ1v) is 11.2. The third kappa shape index (κ3) is 4.04. The molecule has 0 fully saturated rings. The number of aliphatic carboxylic acids is 1. The van der Waals surface area contributed by atoms with Crippen LogP contribution in [0, 0.1) is 12.7 Å². The lowest BCUT2D eigenvalue weighted by Gasteiger charge is -2.11. The Kier molecular flexibility index (Phi) is 5.62. The Morgan fingerprint density at radius 3 is 2.62 bits per heavy atom. The van der Waals surface area contributed by atoms with Crippen LogP contribution in [0.5, 0.6) is 0 Å². The molecule has 7 nitrogen and oxygen atoms in total. The van der Waals surface area contributed by atoms with Crippen LogP contribution in [-0.4, -0.2) is 28.5 Å². The molecule has 0 aliphatic rings. The number of pyridine rings is 1. The number of anilines is 2. The Morgan fingerprint density at radius 2 is 1.97 bits per heavy atom. The van der Waals surface area contributed by atoms with E-state index in [9.17, 15) is 22.7 Å². The van der Waals surface area contributed by atoms with E-state index >= 15 is 0 Å². The van der Waals surface area contributed by atoms with Crippen molar-refractivity contribution in [3.63, 3.8) is 0 Å². The molecule has 0 bridgehead atoms. The highest BCUT2D eigenvalue weighted by atomic mass is 35.5. The van der Waals surface area contributed by atoms with E-state index in [-0.39, 0.29) is 27.1 Å². The second-order valence-corrected chi connectivity index (χ2v) is 9.30. The Hall–Kier alpha value is -3.43. The maximum Gasteiger partial charge on any atom is 0.307 e. The van der Waals surface area contributed by atoms with Crippen molar-refractivity contribution in [3.05, 3.63) is 82.9 Å². The highest BCUT2D eigenvalue weighted by Gasteiger charge is 2.26. The van der Waals surface area contributed by atoms with Crippen LogP contribution < -0.4 is 5.32 Å². The molecule has 2 aromatic carbocycles. The standard InChI is InChI=1S/C22H17ClFN3O4S/c1-13-18(11-22(28)29)19-10-15(24)5-7-20(19)27(13)32(30,31)17-6-8-21(25-12-17)26-16-4-2-3-14(23)9-16/h2-10,12H,11H2,1H3,(H,25,26)(H,28,29). The summed E-state index contributed by atoms with van der Waals surface area (Å²) in [6.07, 6.45) is 0.767. The first-order valence-electron chi connectivity index (χ1n) is 9.42. The molecule has 4 rings (SSSR count). The van der Waals surface area contributed by atoms with Crippen LogP contribution in [0.3, 0.4) is 0 Å². The molecular weight excluding hydrogens is 457 g/mol. The normalized spacial score (nSPS) is 11.6. The average molecular weight is 474 g/mol. The minimum atomic E-state index is -4.13. The van der Waals surface area contributed by atoms with Crippen LogP contribution in [0.4, 0.5) is 15.9 Å². The first-order chi connectivity index (χ1) is 15.2.